The molecule has 2 nitrogen and oxygen atoms in total. The van der Waals surface area contributed by atoms with Gasteiger partial charge in [-0.25, -0.2) is 6.57 Å². The molecule has 0 unspecified atom stereocenters. The summed E-state index contributed by atoms with van der Waals surface area (Å²) in [6.07, 6.45) is 2.99. The molecule has 0 N–H and O–H groups in total. The van der Waals surface area contributed by atoms with E-state index in [4.69, 9.17) is 6.57 Å². The second-order valence-electron chi connectivity index (χ2n) is 4.15. The third kappa shape index (κ3) is 2.34. The molecular formula is C10H15NO. The first-order valence-electron chi connectivity index (χ1n) is 4.48. The molecule has 0 aromatic rings. The van der Waals surface area contributed by atoms with Gasteiger partial charge >= 0.3 is 0 Å². The maximum atomic E-state index is 11.3. The Morgan fingerprint density at radius 1 is 1.58 bits per heavy atom. The second-order valence-corrected chi connectivity index (χ2v) is 4.15. The smallest absolute Gasteiger partial charge is 0.240 e. The minimum atomic E-state index is -0.258. The van der Waals surface area contributed by atoms with Crippen LogP contribution in [0, 0.1) is 12.5 Å². The van der Waals surface area contributed by atoms with E-state index in [1.165, 1.54) is 0 Å². The van der Waals surface area contributed by atoms with Gasteiger partial charge in [0.05, 0.1) is 6.42 Å². The summed E-state index contributed by atoms with van der Waals surface area (Å²) in [7, 11) is 0. The fraction of sp³-hybridized carbons (Fsp3) is 0.800. The summed E-state index contributed by atoms with van der Waals surface area (Å²) in [5.74, 6) is 0.692. The number of hydrogen-bond donors (Lipinski definition) is 0. The van der Waals surface area contributed by atoms with Crippen molar-refractivity contribution in [2.24, 2.45) is 5.92 Å². The van der Waals surface area contributed by atoms with Crippen LogP contribution in [0.3, 0.4) is 0 Å². The lowest BCUT2D eigenvalue weighted by atomic mass is 10.0. The van der Waals surface area contributed by atoms with E-state index in [-0.39, 0.29) is 11.3 Å². The standard InChI is InChI=1S/C10H15NO/c1-8(2)6-9(12)7-10(11-3)4-5-10/h8H,4-7H2,1-2H3. The van der Waals surface area contributed by atoms with Crippen molar-refractivity contribution in [3.63, 3.8) is 0 Å². The summed E-state index contributed by atoms with van der Waals surface area (Å²) in [5.41, 5.74) is -0.258. The molecule has 2 heteroatoms. The first-order chi connectivity index (χ1) is 5.58. The van der Waals surface area contributed by atoms with Crippen LogP contribution in [0.2, 0.25) is 0 Å². The van der Waals surface area contributed by atoms with Gasteiger partial charge in [-0.2, -0.15) is 0 Å². The van der Waals surface area contributed by atoms with Gasteiger partial charge < -0.3 is 4.85 Å². The Kier molecular flexibility index (Phi) is 2.52. The zero-order chi connectivity index (χ0) is 9.19. The van der Waals surface area contributed by atoms with E-state index >= 15 is 0 Å². The Bertz CT molecular complexity index is 220. The van der Waals surface area contributed by atoms with Gasteiger partial charge in [-0.1, -0.05) is 13.8 Å². The van der Waals surface area contributed by atoms with Crippen molar-refractivity contribution >= 4 is 5.78 Å². The Balaban J connectivity index is 2.33. The minimum absolute atomic E-state index is 0.258. The summed E-state index contributed by atoms with van der Waals surface area (Å²) in [5, 5.41) is 0. The topological polar surface area (TPSA) is 21.4 Å². The number of Topliss-reactive ketones (excluding diaryl/α,β-unsaturated/α-hetero) is 1. The van der Waals surface area contributed by atoms with Crippen LogP contribution < -0.4 is 0 Å². The molecule has 1 rings (SSSR count). The van der Waals surface area contributed by atoms with Gasteiger partial charge in [0.2, 0.25) is 5.54 Å². The van der Waals surface area contributed by atoms with Crippen molar-refractivity contribution < 1.29 is 4.79 Å². The van der Waals surface area contributed by atoms with Crippen LogP contribution >= 0.6 is 0 Å². The van der Waals surface area contributed by atoms with Crippen LogP contribution in [0.5, 0.6) is 0 Å². The van der Waals surface area contributed by atoms with Gasteiger partial charge in [0.25, 0.3) is 0 Å². The van der Waals surface area contributed by atoms with Crippen molar-refractivity contribution in [2.45, 2.75) is 45.1 Å². The Morgan fingerprint density at radius 2 is 2.17 bits per heavy atom. The molecule has 0 saturated heterocycles. The Morgan fingerprint density at radius 3 is 2.50 bits per heavy atom. The van der Waals surface area contributed by atoms with Crippen molar-refractivity contribution in [3.8, 4) is 0 Å². The number of ketones is 1. The lowest BCUT2D eigenvalue weighted by Crippen LogP contribution is -2.12. The highest BCUT2D eigenvalue weighted by Gasteiger charge is 2.51. The third-order valence-corrected chi connectivity index (χ3v) is 2.23. The quantitative estimate of drug-likeness (QED) is 0.586. The van der Waals surface area contributed by atoms with E-state index < -0.39 is 0 Å². The summed E-state index contributed by atoms with van der Waals surface area (Å²) in [6, 6.07) is 0. The number of carbonyl (C=O) groups is 1. The predicted molar refractivity (Wildman–Crippen MR) is 47.6 cm³/mol. The maximum absolute atomic E-state index is 11.3. The van der Waals surface area contributed by atoms with Crippen LogP contribution in [-0.2, 0) is 4.79 Å². The average Bonchev–Trinajstić information content (AvgIpc) is 2.67. The molecule has 0 radical (unpaired) electrons. The molecule has 0 heterocycles. The molecule has 0 aromatic carbocycles. The fourth-order valence-electron chi connectivity index (χ4n) is 1.37. The van der Waals surface area contributed by atoms with Crippen molar-refractivity contribution in [3.05, 3.63) is 11.4 Å². The molecule has 1 fully saturated rings. The summed E-state index contributed by atoms with van der Waals surface area (Å²) in [4.78, 5) is 14.8. The third-order valence-electron chi connectivity index (χ3n) is 2.23. The highest BCUT2D eigenvalue weighted by Crippen LogP contribution is 2.43. The molecule has 12 heavy (non-hydrogen) atoms. The number of carbonyl (C=O) groups excluding carboxylic acids is 1. The molecule has 0 atom stereocenters. The second kappa shape index (κ2) is 3.26. The molecule has 0 bridgehead atoms. The minimum Gasteiger partial charge on any atom is -0.310 e. The highest BCUT2D eigenvalue weighted by atomic mass is 16.1. The van der Waals surface area contributed by atoms with Gasteiger partial charge in [0.15, 0.2) is 0 Å². The number of nitrogens with zero attached hydrogens (tertiary/aromatic N) is 1. The summed E-state index contributed by atoms with van der Waals surface area (Å²) in [6.45, 7) is 11.0. The van der Waals surface area contributed by atoms with Crippen LogP contribution in [0.15, 0.2) is 0 Å². The van der Waals surface area contributed by atoms with E-state index in [1.54, 1.807) is 0 Å². The zero-order valence-corrected chi connectivity index (χ0v) is 7.76. The Hall–Kier alpha value is -0.840. The van der Waals surface area contributed by atoms with Gasteiger partial charge in [-0.3, -0.25) is 4.79 Å². The van der Waals surface area contributed by atoms with E-state index in [0.29, 0.717) is 18.8 Å². The van der Waals surface area contributed by atoms with Gasteiger partial charge in [-0.05, 0) is 5.92 Å². The molecular weight excluding hydrogens is 150 g/mol. The first-order valence-corrected chi connectivity index (χ1v) is 4.48. The Labute approximate surface area is 73.8 Å². The maximum Gasteiger partial charge on any atom is 0.240 e. The summed E-state index contributed by atoms with van der Waals surface area (Å²) >= 11 is 0. The molecule has 0 aromatic heterocycles. The molecule has 0 amide bonds. The van der Waals surface area contributed by atoms with E-state index in [0.717, 1.165) is 12.8 Å². The molecule has 1 aliphatic carbocycles. The fourth-order valence-corrected chi connectivity index (χ4v) is 1.37. The lowest BCUT2D eigenvalue weighted by Gasteiger charge is -2.03. The summed E-state index contributed by atoms with van der Waals surface area (Å²) < 4.78 is 0. The normalized spacial score (nSPS) is 18.8. The van der Waals surface area contributed by atoms with E-state index in [2.05, 4.69) is 4.85 Å². The van der Waals surface area contributed by atoms with Crippen LogP contribution in [0.4, 0.5) is 0 Å². The highest BCUT2D eigenvalue weighted by molar-refractivity contribution is 5.80. The van der Waals surface area contributed by atoms with Crippen LogP contribution in [-0.4, -0.2) is 11.3 Å². The molecule has 66 valence electrons. The first kappa shape index (κ1) is 9.25. The van der Waals surface area contributed by atoms with E-state index in [1.807, 2.05) is 13.8 Å². The zero-order valence-electron chi connectivity index (χ0n) is 7.76. The largest absolute Gasteiger partial charge is 0.310 e. The number of hydrogen-bond acceptors (Lipinski definition) is 1. The van der Waals surface area contributed by atoms with Crippen LogP contribution in [0.25, 0.3) is 4.85 Å². The van der Waals surface area contributed by atoms with Gasteiger partial charge in [0, 0.05) is 19.3 Å². The van der Waals surface area contributed by atoms with Crippen molar-refractivity contribution in [2.75, 3.05) is 0 Å². The average molecular weight is 165 g/mol. The molecule has 1 aliphatic rings. The van der Waals surface area contributed by atoms with E-state index in [9.17, 15) is 4.79 Å². The molecule has 1 saturated carbocycles. The SMILES string of the molecule is [C-]#[N+]C1(CC(=O)CC(C)C)CC1. The van der Waals surface area contributed by atoms with Gasteiger partial charge in [-0.15, -0.1) is 0 Å². The predicted octanol–water partition coefficient (Wildman–Crippen LogP) is 2.44. The molecule has 0 spiro atoms. The van der Waals surface area contributed by atoms with Crippen LogP contribution in [0.1, 0.15) is 39.5 Å². The monoisotopic (exact) mass is 165 g/mol. The number of rotatable bonds is 4. The van der Waals surface area contributed by atoms with Gasteiger partial charge in [0.1, 0.15) is 5.78 Å². The van der Waals surface area contributed by atoms with Crippen molar-refractivity contribution in [1.82, 2.24) is 0 Å². The lowest BCUT2D eigenvalue weighted by molar-refractivity contribution is -0.120. The van der Waals surface area contributed by atoms with Crippen molar-refractivity contribution in [1.29, 1.82) is 0 Å². The molecule has 0 aliphatic heterocycles.